The van der Waals surface area contributed by atoms with Crippen LogP contribution >= 0.6 is 0 Å². The fourth-order valence-corrected chi connectivity index (χ4v) is 6.36. The lowest BCUT2D eigenvalue weighted by Gasteiger charge is -2.32. The summed E-state index contributed by atoms with van der Waals surface area (Å²) in [7, 11) is -0.444. The molecule has 4 nitrogen and oxygen atoms in total. The smallest absolute Gasteiger partial charge is 0.426 e. The summed E-state index contributed by atoms with van der Waals surface area (Å²) in [6, 6.07) is 9.11. The zero-order valence-electron chi connectivity index (χ0n) is 25.2. The summed E-state index contributed by atoms with van der Waals surface area (Å²) >= 11 is 0. The monoisotopic (exact) mass is 518 g/mol. The maximum atomic E-state index is 6.44. The highest BCUT2D eigenvalue weighted by molar-refractivity contribution is 6.82. The minimum Gasteiger partial charge on any atom is -0.426 e. The van der Waals surface area contributed by atoms with E-state index in [0.29, 0.717) is 0 Å². The minimum atomic E-state index is -0.444. The second kappa shape index (κ2) is 9.94. The van der Waals surface area contributed by atoms with Crippen LogP contribution < -0.4 is 21.4 Å². The SMILES string of the molecule is Cc1cc(C)c(B2C=CC=C(C3=CC=C(B4OC(C)(C)C(C)(C)O4)NB3c3c(C)cc(C)cc3C)N2)c(C)c1. The van der Waals surface area contributed by atoms with E-state index in [1.807, 2.05) is 0 Å². The number of hydrogen-bond acceptors (Lipinski definition) is 4. The summed E-state index contributed by atoms with van der Waals surface area (Å²) in [5, 5.41) is 7.73. The van der Waals surface area contributed by atoms with Crippen LogP contribution in [0.4, 0.5) is 0 Å². The molecule has 3 aliphatic rings. The lowest BCUT2D eigenvalue weighted by Crippen LogP contribution is -2.55. The molecular weight excluding hydrogens is 477 g/mol. The highest BCUT2D eigenvalue weighted by atomic mass is 16.7. The molecule has 200 valence electrons. The van der Waals surface area contributed by atoms with E-state index in [2.05, 4.69) is 134 Å². The lowest BCUT2D eigenvalue weighted by atomic mass is 9.44. The number of nitrogens with one attached hydrogen (secondary N) is 2. The third kappa shape index (κ3) is 5.07. The topological polar surface area (TPSA) is 42.5 Å². The first kappa shape index (κ1) is 27.7. The number of benzene rings is 2. The first-order chi connectivity index (χ1) is 18.3. The summed E-state index contributed by atoms with van der Waals surface area (Å²) < 4.78 is 12.9. The largest absolute Gasteiger partial charge is 0.510 e. The lowest BCUT2D eigenvalue weighted by molar-refractivity contribution is 0.00578. The first-order valence-corrected chi connectivity index (χ1v) is 14.1. The standard InChI is InChI=1S/C32H41B3N2O2/c1-20-16-22(3)29(23(4)17-20)33-15-11-12-27(36-33)26-13-14-28(35-38-31(7,8)32(9,10)39-35)37-34(26)30-24(5)18-21(2)19-25(30)6/h11-19,36-37H,1-10H3. The Kier molecular flexibility index (Phi) is 7.05. The van der Waals surface area contributed by atoms with Gasteiger partial charge in [-0.05, 0) is 97.8 Å². The van der Waals surface area contributed by atoms with Crippen LogP contribution in [-0.4, -0.2) is 32.0 Å². The summed E-state index contributed by atoms with van der Waals surface area (Å²) in [4.78, 5) is 0. The molecule has 7 heteroatoms. The molecule has 5 rings (SSSR count). The predicted octanol–water partition coefficient (Wildman–Crippen LogP) is 4.80. The van der Waals surface area contributed by atoms with Crippen molar-refractivity contribution < 1.29 is 9.31 Å². The second-order valence-corrected chi connectivity index (χ2v) is 12.6. The summed E-state index contributed by atoms with van der Waals surface area (Å²) in [5.41, 5.74) is 12.9. The zero-order valence-corrected chi connectivity index (χ0v) is 25.2. The van der Waals surface area contributed by atoms with E-state index in [0.717, 1.165) is 11.3 Å². The van der Waals surface area contributed by atoms with Gasteiger partial charge in [-0.25, -0.2) is 0 Å². The van der Waals surface area contributed by atoms with E-state index in [-0.39, 0.29) is 13.7 Å². The Labute approximate surface area is 236 Å². The fourth-order valence-electron chi connectivity index (χ4n) is 6.36. The summed E-state index contributed by atoms with van der Waals surface area (Å²) in [5.74, 6) is 2.26. The van der Waals surface area contributed by atoms with Crippen LogP contribution in [0.15, 0.2) is 71.3 Å². The Bertz CT molecular complexity index is 1390. The molecule has 2 aromatic carbocycles. The Balaban J connectivity index is 1.55. The van der Waals surface area contributed by atoms with E-state index < -0.39 is 18.3 Å². The molecule has 0 atom stereocenters. The number of hydrogen-bond donors (Lipinski definition) is 2. The average Bonchev–Trinajstić information content (AvgIpc) is 3.04. The van der Waals surface area contributed by atoms with Crippen molar-refractivity contribution in [2.24, 2.45) is 0 Å². The van der Waals surface area contributed by atoms with Gasteiger partial charge < -0.3 is 19.8 Å². The maximum absolute atomic E-state index is 6.44. The van der Waals surface area contributed by atoms with Crippen LogP contribution in [0.25, 0.3) is 0 Å². The molecule has 0 radical (unpaired) electrons. The highest BCUT2D eigenvalue weighted by Crippen LogP contribution is 2.38. The van der Waals surface area contributed by atoms with E-state index >= 15 is 0 Å². The molecule has 0 amide bonds. The zero-order chi connectivity index (χ0) is 28.3. The number of rotatable bonds is 4. The number of aryl methyl sites for hydroxylation is 6. The molecule has 3 heterocycles. The van der Waals surface area contributed by atoms with Gasteiger partial charge in [-0.1, -0.05) is 75.8 Å². The Hall–Kier alpha value is -2.89. The molecule has 3 aliphatic heterocycles. The van der Waals surface area contributed by atoms with Crippen LogP contribution in [0.3, 0.4) is 0 Å². The van der Waals surface area contributed by atoms with Crippen molar-refractivity contribution in [1.82, 2.24) is 10.5 Å². The summed E-state index contributed by atoms with van der Waals surface area (Å²) in [6.07, 6.45) is 8.76. The van der Waals surface area contributed by atoms with Gasteiger partial charge in [0.15, 0.2) is 0 Å². The van der Waals surface area contributed by atoms with Gasteiger partial charge in [0, 0.05) is 11.3 Å². The van der Waals surface area contributed by atoms with Crippen LogP contribution in [0, 0.1) is 41.5 Å². The Morgan fingerprint density at radius 1 is 0.641 bits per heavy atom. The number of allylic oxidation sites excluding steroid dienone is 5. The van der Waals surface area contributed by atoms with Crippen molar-refractivity contribution in [1.29, 1.82) is 0 Å². The summed E-state index contributed by atoms with van der Waals surface area (Å²) in [6.45, 7) is 21.6. The minimum absolute atomic E-state index is 0.0456. The molecule has 0 unspecified atom stereocenters. The normalized spacial score (nSPS) is 19.8. The van der Waals surface area contributed by atoms with Crippen molar-refractivity contribution in [3.63, 3.8) is 0 Å². The van der Waals surface area contributed by atoms with Crippen molar-refractivity contribution in [3.05, 3.63) is 105 Å². The molecule has 0 bridgehead atoms. The maximum Gasteiger partial charge on any atom is 0.510 e. The molecule has 0 spiro atoms. The average molecular weight is 518 g/mol. The van der Waals surface area contributed by atoms with Crippen LogP contribution in [0.2, 0.25) is 0 Å². The van der Waals surface area contributed by atoms with Crippen molar-refractivity contribution in [2.75, 3.05) is 0 Å². The quantitative estimate of drug-likeness (QED) is 0.572. The van der Waals surface area contributed by atoms with Crippen molar-refractivity contribution in [3.8, 4) is 0 Å². The van der Waals surface area contributed by atoms with E-state index in [4.69, 9.17) is 9.31 Å². The molecule has 39 heavy (non-hydrogen) atoms. The van der Waals surface area contributed by atoms with Gasteiger partial charge in [0.25, 0.3) is 0 Å². The molecule has 2 aromatic rings. The van der Waals surface area contributed by atoms with E-state index in [1.54, 1.807) is 0 Å². The van der Waals surface area contributed by atoms with Gasteiger partial charge >= 0.3 is 20.8 Å². The molecule has 0 aromatic heterocycles. The van der Waals surface area contributed by atoms with E-state index in [1.165, 1.54) is 49.8 Å². The third-order valence-electron chi connectivity index (χ3n) is 8.84. The Morgan fingerprint density at radius 2 is 1.15 bits per heavy atom. The van der Waals surface area contributed by atoms with Gasteiger partial charge in [0.1, 0.15) is 0 Å². The Morgan fingerprint density at radius 3 is 1.69 bits per heavy atom. The van der Waals surface area contributed by atoms with Crippen LogP contribution in [0.1, 0.15) is 61.1 Å². The second-order valence-electron chi connectivity index (χ2n) is 12.6. The van der Waals surface area contributed by atoms with Gasteiger partial charge in [-0.2, -0.15) is 0 Å². The van der Waals surface area contributed by atoms with Crippen LogP contribution in [-0.2, 0) is 9.31 Å². The van der Waals surface area contributed by atoms with Gasteiger partial charge in [0.2, 0.25) is 0 Å². The fraction of sp³-hybridized carbons (Fsp3) is 0.375. The first-order valence-electron chi connectivity index (χ1n) is 14.1. The van der Waals surface area contributed by atoms with Gasteiger partial charge in [-0.3, -0.25) is 0 Å². The molecule has 1 fully saturated rings. The van der Waals surface area contributed by atoms with Crippen molar-refractivity contribution in [2.45, 2.75) is 80.4 Å². The molecule has 2 N–H and O–H groups in total. The van der Waals surface area contributed by atoms with Gasteiger partial charge in [-0.15, -0.1) is 0 Å². The molecule has 1 saturated heterocycles. The molecular formula is C32H41B3N2O2. The predicted molar refractivity (Wildman–Crippen MR) is 168 cm³/mol. The van der Waals surface area contributed by atoms with Gasteiger partial charge in [0.05, 0.1) is 11.2 Å². The molecule has 0 saturated carbocycles. The van der Waals surface area contributed by atoms with E-state index in [9.17, 15) is 0 Å². The molecule has 0 aliphatic carbocycles. The van der Waals surface area contributed by atoms with Crippen LogP contribution in [0.5, 0.6) is 0 Å². The van der Waals surface area contributed by atoms with Crippen molar-refractivity contribution >= 4 is 31.7 Å². The third-order valence-corrected chi connectivity index (χ3v) is 8.84. The highest BCUT2D eigenvalue weighted by Gasteiger charge is 2.53.